The quantitative estimate of drug-likeness (QED) is 0.314. The maximum absolute atomic E-state index is 13.3. The van der Waals surface area contributed by atoms with E-state index < -0.39 is 5.97 Å². The van der Waals surface area contributed by atoms with Crippen LogP contribution in [0.2, 0.25) is 0 Å². The lowest BCUT2D eigenvalue weighted by atomic mass is 10.0. The molecule has 180 valence electrons. The molecule has 2 aromatic heterocycles. The van der Waals surface area contributed by atoms with Crippen molar-refractivity contribution < 1.29 is 14.3 Å². The number of fused-ring (bicyclic) bond motifs is 2. The van der Waals surface area contributed by atoms with Crippen molar-refractivity contribution in [2.75, 3.05) is 5.32 Å². The molecule has 0 aliphatic heterocycles. The summed E-state index contributed by atoms with van der Waals surface area (Å²) in [5.74, 6) is -0.801. The Morgan fingerprint density at radius 2 is 1.78 bits per heavy atom. The van der Waals surface area contributed by atoms with E-state index in [1.807, 2.05) is 41.8 Å². The number of amides is 1. The molecule has 0 fully saturated rings. The summed E-state index contributed by atoms with van der Waals surface area (Å²) in [5, 5.41) is 7.39. The average Bonchev–Trinajstić information content (AvgIpc) is 3.30. The van der Waals surface area contributed by atoms with Gasteiger partial charge in [-0.2, -0.15) is 0 Å². The number of ether oxygens (including phenoxy) is 1. The van der Waals surface area contributed by atoms with Gasteiger partial charge in [-0.3, -0.25) is 14.2 Å². The molecule has 8 heteroatoms. The number of hydrogen-bond acceptors (Lipinski definition) is 6. The summed E-state index contributed by atoms with van der Waals surface area (Å²) < 4.78 is 6.48. The fraction of sp³-hybridized carbons (Fsp3) is 0.143. The molecule has 1 N–H and O–H groups in total. The van der Waals surface area contributed by atoms with Gasteiger partial charge in [0.15, 0.2) is 0 Å². The van der Waals surface area contributed by atoms with Gasteiger partial charge in [-0.25, -0.2) is 9.78 Å². The smallest absolute Gasteiger partial charge is 0.338 e. The largest absolute Gasteiger partial charge is 0.459 e. The van der Waals surface area contributed by atoms with E-state index in [1.165, 1.54) is 22.2 Å². The fourth-order valence-corrected chi connectivity index (χ4v) is 4.88. The molecule has 0 unspecified atom stereocenters. The molecule has 5 aromatic rings. The summed E-state index contributed by atoms with van der Waals surface area (Å²) >= 11 is 1.40. The second-order valence-electron chi connectivity index (χ2n) is 8.65. The lowest BCUT2D eigenvalue weighted by molar-refractivity contribution is -0.116. The lowest BCUT2D eigenvalue weighted by Crippen LogP contribution is -2.27. The van der Waals surface area contributed by atoms with Gasteiger partial charge in [0.2, 0.25) is 5.91 Å². The number of rotatable bonds is 6. The van der Waals surface area contributed by atoms with Gasteiger partial charge in [0.1, 0.15) is 11.4 Å². The Morgan fingerprint density at radius 1 is 1.03 bits per heavy atom. The van der Waals surface area contributed by atoms with Crippen molar-refractivity contribution in [3.63, 3.8) is 0 Å². The zero-order valence-corrected chi connectivity index (χ0v) is 20.5. The van der Waals surface area contributed by atoms with Gasteiger partial charge >= 0.3 is 5.97 Å². The van der Waals surface area contributed by atoms with Crippen molar-refractivity contribution >= 4 is 49.9 Å². The Morgan fingerprint density at radius 3 is 2.53 bits per heavy atom. The summed E-state index contributed by atoms with van der Waals surface area (Å²) in [6.07, 6.45) is 1.18. The van der Waals surface area contributed by atoms with E-state index in [2.05, 4.69) is 16.4 Å². The van der Waals surface area contributed by atoms with Gasteiger partial charge < -0.3 is 10.1 Å². The van der Waals surface area contributed by atoms with Crippen molar-refractivity contribution in [1.29, 1.82) is 0 Å². The summed E-state index contributed by atoms with van der Waals surface area (Å²) in [6, 6.07) is 20.5. The van der Waals surface area contributed by atoms with Gasteiger partial charge in [0.25, 0.3) is 5.56 Å². The van der Waals surface area contributed by atoms with Crippen LogP contribution in [0.25, 0.3) is 32.1 Å². The van der Waals surface area contributed by atoms with E-state index in [-0.39, 0.29) is 24.1 Å². The minimum Gasteiger partial charge on any atom is -0.459 e. The standard InChI is InChI=1S/C28H23N3O4S/c1-17(2)35-28(34)19-9-11-22(12-10-19)30-24(32)14-31-16-29-26-25(27(31)33)23(15-36-26)21-8-7-18-5-3-4-6-20(18)13-21/h3-13,15-17H,14H2,1-2H3,(H,30,32). The number of carbonyl (C=O) groups is 2. The van der Waals surface area contributed by atoms with Crippen molar-refractivity contribution in [3.8, 4) is 11.1 Å². The number of thiophene rings is 1. The van der Waals surface area contributed by atoms with Crippen LogP contribution >= 0.6 is 11.3 Å². The van der Waals surface area contributed by atoms with Crippen LogP contribution in [0.4, 0.5) is 5.69 Å². The molecular formula is C28H23N3O4S. The van der Waals surface area contributed by atoms with Crippen LogP contribution in [-0.2, 0) is 16.1 Å². The first-order chi connectivity index (χ1) is 17.4. The normalized spacial score (nSPS) is 11.2. The highest BCUT2D eigenvalue weighted by Gasteiger charge is 2.16. The van der Waals surface area contributed by atoms with Crippen LogP contribution in [-0.4, -0.2) is 27.5 Å². The number of aromatic nitrogens is 2. The number of nitrogens with one attached hydrogen (secondary N) is 1. The third kappa shape index (κ3) is 4.76. The SMILES string of the molecule is CC(C)OC(=O)c1ccc(NC(=O)Cn2cnc3scc(-c4ccc5ccccc5c4)c3c2=O)cc1. The highest BCUT2D eigenvalue weighted by Crippen LogP contribution is 2.32. The first kappa shape index (κ1) is 23.4. The van der Waals surface area contributed by atoms with Crippen LogP contribution in [0.15, 0.2) is 83.2 Å². The van der Waals surface area contributed by atoms with Crippen molar-refractivity contribution in [1.82, 2.24) is 9.55 Å². The summed E-state index contributed by atoms with van der Waals surface area (Å²) in [6.45, 7) is 3.37. The van der Waals surface area contributed by atoms with E-state index >= 15 is 0 Å². The second kappa shape index (κ2) is 9.75. The van der Waals surface area contributed by atoms with Gasteiger partial charge in [-0.15, -0.1) is 11.3 Å². The Balaban J connectivity index is 1.37. The number of hydrogen-bond donors (Lipinski definition) is 1. The number of anilines is 1. The lowest BCUT2D eigenvalue weighted by Gasteiger charge is -2.10. The topological polar surface area (TPSA) is 90.3 Å². The van der Waals surface area contributed by atoms with E-state index in [1.54, 1.807) is 38.1 Å². The maximum atomic E-state index is 13.3. The van der Waals surface area contributed by atoms with Gasteiger partial charge in [0.05, 0.1) is 23.4 Å². The van der Waals surface area contributed by atoms with Crippen molar-refractivity contribution in [2.45, 2.75) is 26.5 Å². The van der Waals surface area contributed by atoms with E-state index in [9.17, 15) is 14.4 Å². The first-order valence-electron chi connectivity index (χ1n) is 11.5. The monoisotopic (exact) mass is 497 g/mol. The number of nitrogens with zero attached hydrogens (tertiary/aromatic N) is 2. The molecule has 1 amide bonds. The number of carbonyl (C=O) groups excluding carboxylic acids is 2. The molecule has 0 radical (unpaired) electrons. The zero-order valence-electron chi connectivity index (χ0n) is 19.7. The molecule has 0 bridgehead atoms. The molecule has 3 aromatic carbocycles. The summed E-state index contributed by atoms with van der Waals surface area (Å²) in [4.78, 5) is 43.1. The molecule has 7 nitrogen and oxygen atoms in total. The average molecular weight is 498 g/mol. The van der Waals surface area contributed by atoms with E-state index in [0.717, 1.165) is 21.9 Å². The first-order valence-corrected chi connectivity index (χ1v) is 12.3. The molecular weight excluding hydrogens is 474 g/mol. The Labute approximate surface area is 211 Å². The van der Waals surface area contributed by atoms with Crippen LogP contribution < -0.4 is 10.9 Å². The molecule has 2 heterocycles. The highest BCUT2D eigenvalue weighted by molar-refractivity contribution is 7.17. The van der Waals surface area contributed by atoms with E-state index in [4.69, 9.17) is 4.74 Å². The Kier molecular flexibility index (Phi) is 6.35. The third-order valence-electron chi connectivity index (χ3n) is 5.68. The minimum atomic E-state index is -0.424. The molecule has 0 spiro atoms. The van der Waals surface area contributed by atoms with Crippen LogP contribution in [0, 0.1) is 0 Å². The van der Waals surface area contributed by atoms with Crippen molar-refractivity contribution in [3.05, 3.63) is 94.4 Å². The van der Waals surface area contributed by atoms with Crippen LogP contribution in [0.3, 0.4) is 0 Å². The Hall–Kier alpha value is -4.30. The van der Waals surface area contributed by atoms with Crippen LogP contribution in [0.1, 0.15) is 24.2 Å². The van der Waals surface area contributed by atoms with Gasteiger partial charge in [-0.1, -0.05) is 36.4 Å². The van der Waals surface area contributed by atoms with Crippen LogP contribution in [0.5, 0.6) is 0 Å². The molecule has 0 saturated heterocycles. The second-order valence-corrected chi connectivity index (χ2v) is 9.51. The fourth-order valence-electron chi connectivity index (χ4n) is 3.98. The molecule has 36 heavy (non-hydrogen) atoms. The van der Waals surface area contributed by atoms with Gasteiger partial charge in [-0.05, 0) is 60.5 Å². The van der Waals surface area contributed by atoms with Crippen molar-refractivity contribution in [2.24, 2.45) is 0 Å². The highest BCUT2D eigenvalue weighted by atomic mass is 32.1. The maximum Gasteiger partial charge on any atom is 0.338 e. The molecule has 0 aliphatic carbocycles. The summed E-state index contributed by atoms with van der Waals surface area (Å²) in [5.41, 5.74) is 2.36. The van der Waals surface area contributed by atoms with E-state index in [0.29, 0.717) is 21.5 Å². The predicted octanol–water partition coefficient (Wildman–Crippen LogP) is 5.48. The zero-order chi connectivity index (χ0) is 25.2. The molecule has 5 rings (SSSR count). The third-order valence-corrected chi connectivity index (χ3v) is 6.57. The molecule has 0 aliphatic rings. The minimum absolute atomic E-state index is 0.189. The number of esters is 1. The molecule has 0 atom stereocenters. The molecule has 0 saturated carbocycles. The summed E-state index contributed by atoms with van der Waals surface area (Å²) in [7, 11) is 0. The van der Waals surface area contributed by atoms with Gasteiger partial charge in [0, 0.05) is 16.6 Å². The Bertz CT molecular complexity index is 1650. The predicted molar refractivity (Wildman–Crippen MR) is 142 cm³/mol. The number of benzene rings is 3.